The summed E-state index contributed by atoms with van der Waals surface area (Å²) in [5, 5.41) is 9.11. The Labute approximate surface area is 114 Å². The van der Waals surface area contributed by atoms with Gasteiger partial charge in [0.05, 0.1) is 4.47 Å². The standard InChI is InChI=1S/C14H11BrN2O/c1-9-3-4-13(12(15)7-9)18-14-11(8-16)10(2)5-6-17-14/h3-7H,1-2H3. The van der Waals surface area contributed by atoms with E-state index >= 15 is 0 Å². The summed E-state index contributed by atoms with van der Waals surface area (Å²) in [6.45, 7) is 3.86. The molecule has 0 spiro atoms. The van der Waals surface area contributed by atoms with Crippen LogP contribution < -0.4 is 4.74 Å². The van der Waals surface area contributed by atoms with E-state index in [0.29, 0.717) is 17.2 Å². The second-order valence-electron chi connectivity index (χ2n) is 3.96. The minimum atomic E-state index is 0.335. The number of hydrogen-bond acceptors (Lipinski definition) is 3. The van der Waals surface area contributed by atoms with Gasteiger partial charge in [-0.2, -0.15) is 5.26 Å². The van der Waals surface area contributed by atoms with E-state index in [0.717, 1.165) is 15.6 Å². The van der Waals surface area contributed by atoms with Crippen molar-refractivity contribution < 1.29 is 4.74 Å². The van der Waals surface area contributed by atoms with Crippen molar-refractivity contribution >= 4 is 15.9 Å². The Kier molecular flexibility index (Phi) is 3.63. The number of aromatic nitrogens is 1. The molecule has 0 fully saturated rings. The van der Waals surface area contributed by atoms with Crippen molar-refractivity contribution in [2.45, 2.75) is 13.8 Å². The maximum absolute atomic E-state index is 9.11. The quantitative estimate of drug-likeness (QED) is 0.838. The summed E-state index contributed by atoms with van der Waals surface area (Å²) in [7, 11) is 0. The van der Waals surface area contributed by atoms with Crippen molar-refractivity contribution in [3.8, 4) is 17.7 Å². The number of nitriles is 1. The molecular formula is C14H11BrN2O. The van der Waals surface area contributed by atoms with E-state index in [9.17, 15) is 0 Å². The second-order valence-corrected chi connectivity index (χ2v) is 4.81. The number of aryl methyl sites for hydroxylation is 2. The molecule has 1 aromatic heterocycles. The topological polar surface area (TPSA) is 45.9 Å². The van der Waals surface area contributed by atoms with Crippen LogP contribution in [0.5, 0.6) is 11.6 Å². The molecule has 2 aromatic rings. The summed E-state index contributed by atoms with van der Waals surface area (Å²) >= 11 is 3.43. The molecule has 0 aliphatic heterocycles. The van der Waals surface area contributed by atoms with Gasteiger partial charge in [-0.1, -0.05) is 6.07 Å². The Hall–Kier alpha value is -1.86. The molecule has 0 bridgehead atoms. The maximum Gasteiger partial charge on any atom is 0.237 e. The van der Waals surface area contributed by atoms with E-state index in [2.05, 4.69) is 27.0 Å². The van der Waals surface area contributed by atoms with Gasteiger partial charge in [-0.3, -0.25) is 0 Å². The van der Waals surface area contributed by atoms with Gasteiger partial charge >= 0.3 is 0 Å². The molecule has 1 aromatic carbocycles. The molecule has 90 valence electrons. The van der Waals surface area contributed by atoms with Crippen molar-refractivity contribution in [3.05, 3.63) is 51.6 Å². The first-order valence-electron chi connectivity index (χ1n) is 5.41. The predicted molar refractivity (Wildman–Crippen MR) is 72.6 cm³/mol. The van der Waals surface area contributed by atoms with Crippen LogP contribution in [0.4, 0.5) is 0 Å². The lowest BCUT2D eigenvalue weighted by Crippen LogP contribution is -1.94. The molecule has 0 atom stereocenters. The van der Waals surface area contributed by atoms with Crippen LogP contribution in [0, 0.1) is 25.2 Å². The van der Waals surface area contributed by atoms with Crippen molar-refractivity contribution in [1.82, 2.24) is 4.98 Å². The molecule has 3 nitrogen and oxygen atoms in total. The maximum atomic E-state index is 9.11. The summed E-state index contributed by atoms with van der Waals surface area (Å²) < 4.78 is 6.53. The van der Waals surface area contributed by atoms with Crippen LogP contribution in [-0.2, 0) is 0 Å². The number of benzene rings is 1. The summed E-state index contributed by atoms with van der Waals surface area (Å²) in [4.78, 5) is 4.10. The highest BCUT2D eigenvalue weighted by atomic mass is 79.9. The van der Waals surface area contributed by atoms with E-state index < -0.39 is 0 Å². The van der Waals surface area contributed by atoms with Crippen LogP contribution in [0.15, 0.2) is 34.9 Å². The molecule has 4 heteroatoms. The minimum absolute atomic E-state index is 0.335. The van der Waals surface area contributed by atoms with E-state index in [1.807, 2.05) is 32.0 Å². The molecule has 18 heavy (non-hydrogen) atoms. The van der Waals surface area contributed by atoms with Crippen LogP contribution in [0.1, 0.15) is 16.7 Å². The normalized spacial score (nSPS) is 9.89. The predicted octanol–water partition coefficient (Wildman–Crippen LogP) is 4.12. The summed E-state index contributed by atoms with van der Waals surface area (Å²) in [5.74, 6) is 0.984. The van der Waals surface area contributed by atoms with Crippen molar-refractivity contribution in [1.29, 1.82) is 5.26 Å². The molecule has 0 aliphatic rings. The number of pyridine rings is 1. The highest BCUT2D eigenvalue weighted by molar-refractivity contribution is 9.10. The average molecular weight is 303 g/mol. The Balaban J connectivity index is 2.41. The minimum Gasteiger partial charge on any atom is -0.436 e. The van der Waals surface area contributed by atoms with Crippen molar-refractivity contribution in [2.24, 2.45) is 0 Å². The van der Waals surface area contributed by atoms with Crippen LogP contribution in [0.3, 0.4) is 0 Å². The Morgan fingerprint density at radius 3 is 2.72 bits per heavy atom. The van der Waals surface area contributed by atoms with E-state index in [1.54, 1.807) is 12.3 Å². The number of rotatable bonds is 2. The number of hydrogen-bond donors (Lipinski definition) is 0. The highest BCUT2D eigenvalue weighted by Gasteiger charge is 2.10. The number of ether oxygens (including phenoxy) is 1. The number of nitrogens with zero attached hydrogens (tertiary/aromatic N) is 2. The fraction of sp³-hybridized carbons (Fsp3) is 0.143. The van der Waals surface area contributed by atoms with Gasteiger partial charge in [0.2, 0.25) is 5.88 Å². The molecule has 0 saturated heterocycles. The lowest BCUT2D eigenvalue weighted by molar-refractivity contribution is 0.458. The third-order valence-electron chi connectivity index (χ3n) is 2.53. The van der Waals surface area contributed by atoms with E-state index in [4.69, 9.17) is 10.00 Å². The van der Waals surface area contributed by atoms with Gasteiger partial charge in [0.1, 0.15) is 17.4 Å². The van der Waals surface area contributed by atoms with Gasteiger partial charge in [-0.25, -0.2) is 4.98 Å². The zero-order valence-corrected chi connectivity index (χ0v) is 11.7. The monoisotopic (exact) mass is 302 g/mol. The molecule has 0 N–H and O–H groups in total. The Morgan fingerprint density at radius 2 is 2.06 bits per heavy atom. The molecule has 1 heterocycles. The molecule has 2 rings (SSSR count). The van der Waals surface area contributed by atoms with Crippen LogP contribution >= 0.6 is 15.9 Å². The summed E-state index contributed by atoms with van der Waals surface area (Å²) in [6, 6.07) is 9.65. The summed E-state index contributed by atoms with van der Waals surface area (Å²) in [5.41, 5.74) is 2.45. The van der Waals surface area contributed by atoms with Crippen LogP contribution in [-0.4, -0.2) is 4.98 Å². The van der Waals surface area contributed by atoms with Gasteiger partial charge in [0, 0.05) is 6.20 Å². The fourth-order valence-corrected chi connectivity index (χ4v) is 2.11. The smallest absolute Gasteiger partial charge is 0.237 e. The van der Waals surface area contributed by atoms with Crippen molar-refractivity contribution in [2.75, 3.05) is 0 Å². The third-order valence-corrected chi connectivity index (χ3v) is 3.15. The van der Waals surface area contributed by atoms with E-state index in [1.165, 1.54) is 0 Å². The molecule has 0 radical (unpaired) electrons. The first kappa shape index (κ1) is 12.6. The SMILES string of the molecule is Cc1ccc(Oc2nccc(C)c2C#N)c(Br)c1. The summed E-state index contributed by atoms with van der Waals surface area (Å²) in [6.07, 6.45) is 1.63. The lowest BCUT2D eigenvalue weighted by Gasteiger charge is -2.09. The highest BCUT2D eigenvalue weighted by Crippen LogP contribution is 2.31. The van der Waals surface area contributed by atoms with Gasteiger partial charge in [-0.15, -0.1) is 0 Å². The van der Waals surface area contributed by atoms with Gasteiger partial charge in [-0.05, 0) is 59.1 Å². The van der Waals surface area contributed by atoms with Crippen LogP contribution in [0.25, 0.3) is 0 Å². The first-order chi connectivity index (χ1) is 8.61. The van der Waals surface area contributed by atoms with Gasteiger partial charge < -0.3 is 4.74 Å². The molecule has 0 saturated carbocycles. The number of halogens is 1. The zero-order chi connectivity index (χ0) is 13.1. The van der Waals surface area contributed by atoms with Crippen molar-refractivity contribution in [3.63, 3.8) is 0 Å². The Bertz CT molecular complexity index is 632. The third kappa shape index (κ3) is 2.52. The van der Waals surface area contributed by atoms with Gasteiger partial charge in [0.15, 0.2) is 0 Å². The molecular weight excluding hydrogens is 292 g/mol. The fourth-order valence-electron chi connectivity index (χ4n) is 1.54. The molecule has 0 unspecified atom stereocenters. The van der Waals surface area contributed by atoms with E-state index in [-0.39, 0.29) is 0 Å². The average Bonchev–Trinajstić information content (AvgIpc) is 2.33. The molecule has 0 aliphatic carbocycles. The Morgan fingerprint density at radius 1 is 1.28 bits per heavy atom. The lowest BCUT2D eigenvalue weighted by atomic mass is 10.2. The second kappa shape index (κ2) is 5.19. The molecule has 0 amide bonds. The van der Waals surface area contributed by atoms with Gasteiger partial charge in [0.25, 0.3) is 0 Å². The first-order valence-corrected chi connectivity index (χ1v) is 6.21. The van der Waals surface area contributed by atoms with Crippen LogP contribution in [0.2, 0.25) is 0 Å². The largest absolute Gasteiger partial charge is 0.436 e. The zero-order valence-electron chi connectivity index (χ0n) is 10.1.